The summed E-state index contributed by atoms with van der Waals surface area (Å²) in [5.41, 5.74) is 0.763. The van der Waals surface area contributed by atoms with Crippen molar-refractivity contribution in [1.29, 1.82) is 0 Å². The van der Waals surface area contributed by atoms with Crippen molar-refractivity contribution in [3.05, 3.63) is 33.8 Å². The Bertz CT molecular complexity index is 846. The molecule has 4 rings (SSSR count). The van der Waals surface area contributed by atoms with Crippen LogP contribution in [0.25, 0.3) is 0 Å². The number of hydrogen-bond acceptors (Lipinski definition) is 6. The molecule has 0 bridgehead atoms. The molecule has 1 saturated heterocycles. The highest BCUT2D eigenvalue weighted by molar-refractivity contribution is 7.15. The number of carbonyl (C=O) groups excluding carboxylic acids is 1. The largest absolute Gasteiger partial charge is 0.485 e. The van der Waals surface area contributed by atoms with Gasteiger partial charge in [0, 0.05) is 57.2 Å². The maximum atomic E-state index is 14.0. The van der Waals surface area contributed by atoms with E-state index in [4.69, 9.17) is 16.3 Å². The topological polar surface area (TPSA) is 67.4 Å². The first-order chi connectivity index (χ1) is 11.9. The van der Waals surface area contributed by atoms with Gasteiger partial charge in [-0.25, -0.2) is 4.98 Å². The quantitative estimate of drug-likeness (QED) is 0.827. The Kier molecular flexibility index (Phi) is 4.13. The molecule has 1 unspecified atom stereocenters. The van der Waals surface area contributed by atoms with Crippen molar-refractivity contribution in [3.63, 3.8) is 0 Å². The maximum absolute atomic E-state index is 14.0. The fraction of sp³-hybridized carbons (Fsp3) is 0.438. The first-order valence-corrected chi connectivity index (χ1v) is 9.10. The van der Waals surface area contributed by atoms with E-state index < -0.39 is 5.95 Å². The van der Waals surface area contributed by atoms with Crippen LogP contribution in [0.1, 0.15) is 23.8 Å². The molecule has 132 valence electrons. The molecular weight excluding hydrogens is 367 g/mol. The molecule has 0 saturated carbocycles. The average Bonchev–Trinajstić information content (AvgIpc) is 3.17. The fourth-order valence-corrected chi connectivity index (χ4v) is 4.49. The number of carbonyl (C=O) groups is 1. The number of likely N-dealkylation sites (tertiary alicyclic amines) is 1. The van der Waals surface area contributed by atoms with E-state index in [-0.39, 0.29) is 11.5 Å². The van der Waals surface area contributed by atoms with E-state index in [0.717, 1.165) is 30.7 Å². The summed E-state index contributed by atoms with van der Waals surface area (Å²) in [5.74, 6) is 0.00453. The summed E-state index contributed by atoms with van der Waals surface area (Å²) in [6.45, 7) is 3.33. The highest BCUT2D eigenvalue weighted by atomic mass is 35.5. The number of halogens is 2. The minimum absolute atomic E-state index is 0.259. The van der Waals surface area contributed by atoms with Crippen molar-refractivity contribution in [1.82, 2.24) is 14.9 Å². The lowest BCUT2D eigenvalue weighted by atomic mass is 9.97. The second-order valence-electron chi connectivity index (χ2n) is 6.45. The minimum Gasteiger partial charge on any atom is -0.485 e. The number of pyridine rings is 1. The lowest BCUT2D eigenvalue weighted by molar-refractivity contribution is -0.114. The number of aromatic nitrogens is 2. The molecule has 1 atom stereocenters. The van der Waals surface area contributed by atoms with Gasteiger partial charge in [0.05, 0.1) is 4.88 Å². The molecule has 25 heavy (non-hydrogen) atoms. The monoisotopic (exact) mass is 382 g/mol. The van der Waals surface area contributed by atoms with Gasteiger partial charge < -0.3 is 10.1 Å². The predicted molar refractivity (Wildman–Crippen MR) is 92.6 cm³/mol. The molecule has 2 aliphatic rings. The van der Waals surface area contributed by atoms with Crippen molar-refractivity contribution < 1.29 is 13.9 Å². The molecule has 0 aromatic carbocycles. The number of anilines is 1. The zero-order chi connectivity index (χ0) is 17.6. The van der Waals surface area contributed by atoms with Crippen LogP contribution in [0.4, 0.5) is 9.52 Å². The SMILES string of the molecule is CC(=O)Nc1nc(F)c(CN2CCC3(Cc4cnc(Cl)cc4O3)C2)s1. The Morgan fingerprint density at radius 1 is 1.60 bits per heavy atom. The summed E-state index contributed by atoms with van der Waals surface area (Å²) in [6.07, 6.45) is 3.40. The summed E-state index contributed by atoms with van der Waals surface area (Å²) >= 11 is 7.10. The standard InChI is InChI=1S/C16H16ClFN4O2S/c1-9(23)20-15-21-14(18)12(25-15)7-22-3-2-16(8-22)5-10-6-19-13(17)4-11(10)24-16/h4,6H,2-3,5,7-8H2,1H3,(H,20,21,23). The molecular formula is C16H16ClFN4O2S. The molecule has 0 aliphatic carbocycles. The summed E-state index contributed by atoms with van der Waals surface area (Å²) in [4.78, 5) is 21.6. The molecule has 2 aliphatic heterocycles. The molecule has 1 fully saturated rings. The third kappa shape index (κ3) is 3.33. The fourth-order valence-electron chi connectivity index (χ4n) is 3.41. The zero-order valence-electron chi connectivity index (χ0n) is 13.5. The molecule has 1 spiro atoms. The molecule has 2 aromatic heterocycles. The predicted octanol–water partition coefficient (Wildman–Crippen LogP) is 2.87. The van der Waals surface area contributed by atoms with Crippen LogP contribution >= 0.6 is 22.9 Å². The first-order valence-electron chi connectivity index (χ1n) is 7.91. The van der Waals surface area contributed by atoms with E-state index in [0.29, 0.717) is 28.3 Å². The van der Waals surface area contributed by atoms with Crippen LogP contribution in [0.15, 0.2) is 12.3 Å². The third-order valence-corrected chi connectivity index (χ3v) is 5.58. The minimum atomic E-state index is -0.527. The van der Waals surface area contributed by atoms with Gasteiger partial charge in [-0.2, -0.15) is 9.37 Å². The highest BCUT2D eigenvalue weighted by Crippen LogP contribution is 2.41. The number of fused-ring (bicyclic) bond motifs is 1. The average molecular weight is 383 g/mol. The molecule has 6 nitrogen and oxygen atoms in total. The van der Waals surface area contributed by atoms with Gasteiger partial charge in [-0.3, -0.25) is 9.69 Å². The van der Waals surface area contributed by atoms with E-state index in [1.807, 2.05) is 0 Å². The number of nitrogens with one attached hydrogen (secondary N) is 1. The molecule has 0 radical (unpaired) electrons. The number of ether oxygens (including phenoxy) is 1. The van der Waals surface area contributed by atoms with Crippen LogP contribution in [0.3, 0.4) is 0 Å². The molecule has 1 N–H and O–H groups in total. The maximum Gasteiger partial charge on any atom is 0.230 e. The normalized spacial score (nSPS) is 22.2. The van der Waals surface area contributed by atoms with Gasteiger partial charge in [0.2, 0.25) is 11.9 Å². The van der Waals surface area contributed by atoms with Gasteiger partial charge in [0.15, 0.2) is 5.13 Å². The van der Waals surface area contributed by atoms with Crippen LogP contribution in [0.5, 0.6) is 5.75 Å². The van der Waals surface area contributed by atoms with Crippen LogP contribution < -0.4 is 10.1 Å². The van der Waals surface area contributed by atoms with Gasteiger partial charge in [-0.05, 0) is 0 Å². The number of rotatable bonds is 3. The van der Waals surface area contributed by atoms with Crippen molar-refractivity contribution in [2.75, 3.05) is 18.4 Å². The first kappa shape index (κ1) is 16.7. The van der Waals surface area contributed by atoms with Gasteiger partial charge in [-0.15, -0.1) is 0 Å². The number of nitrogens with zero attached hydrogens (tertiary/aromatic N) is 3. The van der Waals surface area contributed by atoms with E-state index in [1.165, 1.54) is 18.3 Å². The molecule has 4 heterocycles. The Labute approximate surface area is 153 Å². The number of thiazole rings is 1. The van der Waals surface area contributed by atoms with Crippen LogP contribution in [0, 0.1) is 5.95 Å². The van der Waals surface area contributed by atoms with Crippen LogP contribution in [-0.4, -0.2) is 39.5 Å². The number of amides is 1. The lowest BCUT2D eigenvalue weighted by Crippen LogP contribution is -2.37. The van der Waals surface area contributed by atoms with Gasteiger partial charge in [0.25, 0.3) is 0 Å². The van der Waals surface area contributed by atoms with Crippen molar-refractivity contribution >= 4 is 34.0 Å². The van der Waals surface area contributed by atoms with Crippen molar-refractivity contribution in [2.45, 2.75) is 31.9 Å². The van der Waals surface area contributed by atoms with Gasteiger partial charge >= 0.3 is 0 Å². The summed E-state index contributed by atoms with van der Waals surface area (Å²) < 4.78 is 20.2. The summed E-state index contributed by atoms with van der Waals surface area (Å²) in [6, 6.07) is 1.75. The smallest absolute Gasteiger partial charge is 0.230 e. The van der Waals surface area contributed by atoms with E-state index in [9.17, 15) is 9.18 Å². The van der Waals surface area contributed by atoms with Gasteiger partial charge in [-0.1, -0.05) is 22.9 Å². The Morgan fingerprint density at radius 3 is 3.24 bits per heavy atom. The second kappa shape index (κ2) is 6.19. The third-order valence-electron chi connectivity index (χ3n) is 4.44. The lowest BCUT2D eigenvalue weighted by Gasteiger charge is -2.23. The van der Waals surface area contributed by atoms with E-state index in [2.05, 4.69) is 20.2 Å². The Balaban J connectivity index is 1.44. The molecule has 2 aromatic rings. The second-order valence-corrected chi connectivity index (χ2v) is 7.92. The van der Waals surface area contributed by atoms with E-state index in [1.54, 1.807) is 12.3 Å². The van der Waals surface area contributed by atoms with E-state index >= 15 is 0 Å². The van der Waals surface area contributed by atoms with Gasteiger partial charge in [0.1, 0.15) is 16.5 Å². The summed E-state index contributed by atoms with van der Waals surface area (Å²) in [7, 11) is 0. The van der Waals surface area contributed by atoms with Crippen molar-refractivity contribution in [2.24, 2.45) is 0 Å². The summed E-state index contributed by atoms with van der Waals surface area (Å²) in [5, 5.41) is 3.23. The van der Waals surface area contributed by atoms with Crippen LogP contribution in [-0.2, 0) is 17.8 Å². The highest BCUT2D eigenvalue weighted by Gasteiger charge is 2.45. The zero-order valence-corrected chi connectivity index (χ0v) is 15.1. The van der Waals surface area contributed by atoms with Crippen molar-refractivity contribution in [3.8, 4) is 5.75 Å². The Hall–Kier alpha value is -1.77. The number of hydrogen-bond donors (Lipinski definition) is 1. The molecule has 9 heteroatoms. The Morgan fingerprint density at radius 2 is 2.44 bits per heavy atom. The van der Waals surface area contributed by atoms with Crippen LogP contribution in [0.2, 0.25) is 5.15 Å². The molecule has 1 amide bonds.